The minimum absolute atomic E-state index is 0.0502. The standard InChI is InChI=1S/C12H21NO5/c1-12(2,3)18-11(17)13-6-4-5-8(13)7-9(14)10(15)16/h8-9,14H,4-7H2,1-3H3,(H,15,16). The van der Waals surface area contributed by atoms with Crippen LogP contribution in [0.1, 0.15) is 40.0 Å². The van der Waals surface area contributed by atoms with Crippen molar-refractivity contribution in [2.45, 2.75) is 57.8 Å². The Balaban J connectivity index is 2.59. The highest BCUT2D eigenvalue weighted by Crippen LogP contribution is 2.24. The summed E-state index contributed by atoms with van der Waals surface area (Å²) in [5.41, 5.74) is -0.574. The van der Waals surface area contributed by atoms with Gasteiger partial charge in [0.15, 0.2) is 6.10 Å². The molecule has 0 aromatic heterocycles. The molecule has 0 aromatic rings. The topological polar surface area (TPSA) is 87.1 Å². The summed E-state index contributed by atoms with van der Waals surface area (Å²) in [5.74, 6) is -1.26. The van der Waals surface area contributed by atoms with Gasteiger partial charge in [-0.15, -0.1) is 0 Å². The second-order valence-electron chi connectivity index (χ2n) is 5.56. The van der Waals surface area contributed by atoms with Gasteiger partial charge in [0.25, 0.3) is 0 Å². The van der Waals surface area contributed by atoms with Crippen molar-refractivity contribution in [3.8, 4) is 0 Å². The number of aliphatic carboxylic acids is 1. The van der Waals surface area contributed by atoms with Crippen LogP contribution in [0, 0.1) is 0 Å². The van der Waals surface area contributed by atoms with Gasteiger partial charge in [-0.25, -0.2) is 9.59 Å². The van der Waals surface area contributed by atoms with E-state index in [1.807, 2.05) is 0 Å². The van der Waals surface area contributed by atoms with Gasteiger partial charge in [-0.3, -0.25) is 0 Å². The number of hydrogen-bond acceptors (Lipinski definition) is 4. The van der Waals surface area contributed by atoms with E-state index in [0.29, 0.717) is 13.0 Å². The third-order valence-corrected chi connectivity index (χ3v) is 2.79. The van der Waals surface area contributed by atoms with Gasteiger partial charge in [-0.05, 0) is 33.6 Å². The number of carboxylic acid groups (broad SMARTS) is 1. The summed E-state index contributed by atoms with van der Waals surface area (Å²) >= 11 is 0. The third kappa shape index (κ3) is 4.18. The average molecular weight is 259 g/mol. The number of aliphatic hydroxyl groups is 1. The van der Waals surface area contributed by atoms with E-state index in [1.165, 1.54) is 4.90 Å². The minimum Gasteiger partial charge on any atom is -0.479 e. The van der Waals surface area contributed by atoms with Crippen molar-refractivity contribution < 1.29 is 24.5 Å². The monoisotopic (exact) mass is 259 g/mol. The van der Waals surface area contributed by atoms with Crippen molar-refractivity contribution >= 4 is 12.1 Å². The highest BCUT2D eigenvalue weighted by atomic mass is 16.6. The average Bonchev–Trinajstić information content (AvgIpc) is 2.62. The fourth-order valence-corrected chi connectivity index (χ4v) is 2.00. The number of carbonyl (C=O) groups excluding carboxylic acids is 1. The van der Waals surface area contributed by atoms with Crippen LogP contribution in [0.3, 0.4) is 0 Å². The molecule has 0 aliphatic carbocycles. The Labute approximate surface area is 107 Å². The van der Waals surface area contributed by atoms with Gasteiger partial charge in [0, 0.05) is 19.0 Å². The van der Waals surface area contributed by atoms with Crippen molar-refractivity contribution in [1.29, 1.82) is 0 Å². The number of carbonyl (C=O) groups is 2. The molecule has 1 aliphatic heterocycles. The summed E-state index contributed by atoms with van der Waals surface area (Å²) in [5, 5.41) is 18.0. The maximum absolute atomic E-state index is 11.9. The first-order valence-electron chi connectivity index (χ1n) is 6.11. The summed E-state index contributed by atoms with van der Waals surface area (Å²) in [7, 11) is 0. The largest absolute Gasteiger partial charge is 0.479 e. The Morgan fingerprint density at radius 2 is 2.06 bits per heavy atom. The van der Waals surface area contributed by atoms with E-state index < -0.39 is 23.8 Å². The molecule has 2 atom stereocenters. The van der Waals surface area contributed by atoms with Gasteiger partial charge in [0.2, 0.25) is 0 Å². The molecule has 0 aromatic carbocycles. The minimum atomic E-state index is -1.43. The number of carboxylic acids is 1. The lowest BCUT2D eigenvalue weighted by molar-refractivity contribution is -0.147. The van der Waals surface area contributed by atoms with E-state index in [-0.39, 0.29) is 12.5 Å². The number of aliphatic hydroxyl groups excluding tert-OH is 1. The summed E-state index contributed by atoms with van der Waals surface area (Å²) in [6.07, 6.45) is -0.324. The van der Waals surface area contributed by atoms with Gasteiger partial charge in [0.1, 0.15) is 5.60 Å². The maximum atomic E-state index is 11.9. The predicted octanol–water partition coefficient (Wildman–Crippen LogP) is 1.22. The lowest BCUT2D eigenvalue weighted by Gasteiger charge is -2.29. The quantitative estimate of drug-likeness (QED) is 0.795. The Kier molecular flexibility index (Phi) is 4.56. The molecule has 0 saturated carbocycles. The molecule has 0 bridgehead atoms. The van der Waals surface area contributed by atoms with Gasteiger partial charge < -0.3 is 19.8 Å². The zero-order chi connectivity index (χ0) is 13.9. The summed E-state index contributed by atoms with van der Waals surface area (Å²) in [4.78, 5) is 24.0. The molecular weight excluding hydrogens is 238 g/mol. The number of rotatable bonds is 3. The van der Waals surface area contributed by atoms with Crippen molar-refractivity contribution in [2.75, 3.05) is 6.54 Å². The molecule has 0 spiro atoms. The van der Waals surface area contributed by atoms with Crippen LogP contribution in [0.5, 0.6) is 0 Å². The molecule has 1 fully saturated rings. The zero-order valence-electron chi connectivity index (χ0n) is 11.0. The molecule has 1 amide bonds. The molecule has 2 N–H and O–H groups in total. The second-order valence-corrected chi connectivity index (χ2v) is 5.56. The van der Waals surface area contributed by atoms with Gasteiger partial charge in [-0.1, -0.05) is 0 Å². The summed E-state index contributed by atoms with van der Waals surface area (Å²) < 4.78 is 5.25. The van der Waals surface area contributed by atoms with Crippen LogP contribution in [-0.2, 0) is 9.53 Å². The van der Waals surface area contributed by atoms with Crippen LogP contribution in [0.4, 0.5) is 4.79 Å². The number of likely N-dealkylation sites (tertiary alicyclic amines) is 1. The van der Waals surface area contributed by atoms with E-state index in [2.05, 4.69) is 0 Å². The molecule has 0 radical (unpaired) electrons. The highest BCUT2D eigenvalue weighted by molar-refractivity contribution is 5.72. The molecule has 6 nitrogen and oxygen atoms in total. The third-order valence-electron chi connectivity index (χ3n) is 2.79. The highest BCUT2D eigenvalue weighted by Gasteiger charge is 2.34. The molecule has 2 unspecified atom stereocenters. The van der Waals surface area contributed by atoms with E-state index in [1.54, 1.807) is 20.8 Å². The molecular formula is C12H21NO5. The Hall–Kier alpha value is -1.30. The van der Waals surface area contributed by atoms with Crippen molar-refractivity contribution in [3.05, 3.63) is 0 Å². The summed E-state index contributed by atoms with van der Waals surface area (Å²) in [6, 6.07) is -0.258. The van der Waals surface area contributed by atoms with Gasteiger partial charge >= 0.3 is 12.1 Å². The van der Waals surface area contributed by atoms with Crippen LogP contribution < -0.4 is 0 Å². The molecule has 1 rings (SSSR count). The fraction of sp³-hybridized carbons (Fsp3) is 0.833. The van der Waals surface area contributed by atoms with E-state index in [0.717, 1.165) is 6.42 Å². The number of nitrogens with zero attached hydrogens (tertiary/aromatic N) is 1. The molecule has 1 saturated heterocycles. The first kappa shape index (κ1) is 14.8. The van der Waals surface area contributed by atoms with Crippen LogP contribution in [0.2, 0.25) is 0 Å². The molecule has 1 heterocycles. The first-order valence-corrected chi connectivity index (χ1v) is 6.11. The van der Waals surface area contributed by atoms with Crippen molar-refractivity contribution in [2.24, 2.45) is 0 Å². The van der Waals surface area contributed by atoms with Crippen LogP contribution in [0.25, 0.3) is 0 Å². The van der Waals surface area contributed by atoms with Gasteiger partial charge in [0.05, 0.1) is 0 Å². The maximum Gasteiger partial charge on any atom is 0.410 e. The number of hydrogen-bond donors (Lipinski definition) is 2. The van der Waals surface area contributed by atoms with E-state index in [9.17, 15) is 14.7 Å². The zero-order valence-corrected chi connectivity index (χ0v) is 11.0. The Bertz CT molecular complexity index is 323. The SMILES string of the molecule is CC(C)(C)OC(=O)N1CCCC1CC(O)C(=O)O. The number of ether oxygens (including phenoxy) is 1. The van der Waals surface area contributed by atoms with Crippen LogP contribution in [-0.4, -0.2) is 51.5 Å². The Morgan fingerprint density at radius 1 is 1.44 bits per heavy atom. The van der Waals surface area contributed by atoms with Crippen molar-refractivity contribution in [3.63, 3.8) is 0 Å². The van der Waals surface area contributed by atoms with E-state index >= 15 is 0 Å². The fourth-order valence-electron chi connectivity index (χ4n) is 2.00. The lowest BCUT2D eigenvalue weighted by atomic mass is 10.1. The van der Waals surface area contributed by atoms with Crippen LogP contribution in [0.15, 0.2) is 0 Å². The molecule has 6 heteroatoms. The second kappa shape index (κ2) is 5.56. The molecule has 104 valence electrons. The Morgan fingerprint density at radius 3 is 2.56 bits per heavy atom. The van der Waals surface area contributed by atoms with Crippen molar-refractivity contribution in [1.82, 2.24) is 4.90 Å². The lowest BCUT2D eigenvalue weighted by Crippen LogP contribution is -2.42. The predicted molar refractivity (Wildman–Crippen MR) is 64.2 cm³/mol. The molecule has 18 heavy (non-hydrogen) atoms. The summed E-state index contributed by atoms with van der Waals surface area (Å²) in [6.45, 7) is 5.89. The smallest absolute Gasteiger partial charge is 0.410 e. The first-order chi connectivity index (χ1) is 8.20. The number of amides is 1. The van der Waals surface area contributed by atoms with E-state index in [4.69, 9.17) is 9.84 Å². The normalized spacial score (nSPS) is 21.8. The van der Waals surface area contributed by atoms with Gasteiger partial charge in [-0.2, -0.15) is 0 Å². The molecule has 1 aliphatic rings. The van der Waals surface area contributed by atoms with Crippen LogP contribution >= 0.6 is 0 Å².